The molecule has 20 heavy (non-hydrogen) atoms. The number of benzene rings is 1. The molecule has 0 saturated heterocycles. The van der Waals surface area contributed by atoms with Crippen molar-refractivity contribution in [3.05, 3.63) is 41.3 Å². The Balaban J connectivity index is 2.31. The molecule has 0 amide bonds. The number of aromatic nitrogens is 1. The highest BCUT2D eigenvalue weighted by Gasteiger charge is 2.24. The highest BCUT2D eigenvalue weighted by molar-refractivity contribution is 7.92. The van der Waals surface area contributed by atoms with Crippen molar-refractivity contribution in [1.82, 2.24) is 10.5 Å². The van der Waals surface area contributed by atoms with Crippen LogP contribution in [0.2, 0.25) is 0 Å². The summed E-state index contributed by atoms with van der Waals surface area (Å²) < 4.78 is 32.1. The second-order valence-electron chi connectivity index (χ2n) is 4.49. The van der Waals surface area contributed by atoms with Gasteiger partial charge in [-0.2, -0.15) is 0 Å². The van der Waals surface area contributed by atoms with Crippen molar-refractivity contribution in [3.8, 4) is 0 Å². The molecule has 6 nitrogen and oxygen atoms in total. The van der Waals surface area contributed by atoms with Gasteiger partial charge in [0.2, 0.25) is 0 Å². The third-order valence-corrected chi connectivity index (χ3v) is 4.42. The van der Waals surface area contributed by atoms with Gasteiger partial charge in [0.05, 0.1) is 0 Å². The number of rotatable bonds is 5. The maximum atomic E-state index is 12.3. The summed E-state index contributed by atoms with van der Waals surface area (Å²) in [6, 6.07) is 7.21. The summed E-state index contributed by atoms with van der Waals surface area (Å²) >= 11 is 0. The van der Waals surface area contributed by atoms with Crippen molar-refractivity contribution in [2.24, 2.45) is 0 Å². The Hall–Kier alpha value is -1.86. The Kier molecular flexibility index (Phi) is 4.10. The maximum absolute atomic E-state index is 12.3. The molecule has 1 heterocycles. The van der Waals surface area contributed by atoms with Crippen LogP contribution in [0.15, 0.2) is 33.7 Å². The first-order valence-electron chi connectivity index (χ1n) is 6.13. The molecule has 0 fully saturated rings. The van der Waals surface area contributed by atoms with E-state index in [0.717, 1.165) is 5.56 Å². The Morgan fingerprint density at radius 2 is 2.05 bits per heavy atom. The average molecular weight is 295 g/mol. The molecule has 1 aromatic carbocycles. The second kappa shape index (κ2) is 5.64. The zero-order chi connectivity index (χ0) is 14.8. The minimum atomic E-state index is -3.69. The minimum absolute atomic E-state index is 0.0940. The Morgan fingerprint density at radius 3 is 2.65 bits per heavy atom. The molecule has 0 aliphatic carbocycles. The average Bonchev–Trinajstić information content (AvgIpc) is 2.70. The predicted octanol–water partition coefficient (Wildman–Crippen LogP) is 1.81. The molecule has 0 bridgehead atoms. The summed E-state index contributed by atoms with van der Waals surface area (Å²) in [5.41, 5.74) is 1.85. The summed E-state index contributed by atoms with van der Waals surface area (Å²) in [6.45, 7) is 3.84. The first-order valence-corrected chi connectivity index (χ1v) is 7.61. The monoisotopic (exact) mass is 295 g/mol. The van der Waals surface area contributed by atoms with E-state index < -0.39 is 10.0 Å². The fourth-order valence-electron chi connectivity index (χ4n) is 2.01. The highest BCUT2D eigenvalue weighted by atomic mass is 32.2. The van der Waals surface area contributed by atoms with E-state index in [0.29, 0.717) is 17.9 Å². The molecular weight excluding hydrogens is 278 g/mol. The Bertz CT molecular complexity index is 688. The smallest absolute Gasteiger partial charge is 0.267 e. The molecule has 7 heteroatoms. The standard InChI is InChI=1S/C13H17N3O3S/c1-9-13(10(2)19-15-9)20(17,18)16-12-6-4-5-11(7-12)8-14-3/h4-7,14,16H,8H2,1-3H3. The fourth-order valence-corrected chi connectivity index (χ4v) is 3.39. The van der Waals surface area contributed by atoms with Crippen LogP contribution in [-0.2, 0) is 16.6 Å². The van der Waals surface area contributed by atoms with Gasteiger partial charge in [0.25, 0.3) is 10.0 Å². The van der Waals surface area contributed by atoms with Crippen LogP contribution in [0.4, 0.5) is 5.69 Å². The van der Waals surface area contributed by atoms with E-state index in [9.17, 15) is 8.42 Å². The lowest BCUT2D eigenvalue weighted by molar-refractivity contribution is 0.390. The van der Waals surface area contributed by atoms with Gasteiger partial charge < -0.3 is 9.84 Å². The molecule has 108 valence electrons. The van der Waals surface area contributed by atoms with Gasteiger partial charge in [-0.15, -0.1) is 0 Å². The van der Waals surface area contributed by atoms with Crippen LogP contribution in [0.3, 0.4) is 0 Å². The molecular formula is C13H17N3O3S. The third kappa shape index (κ3) is 3.00. The lowest BCUT2D eigenvalue weighted by Crippen LogP contribution is -2.15. The normalized spacial score (nSPS) is 11.6. The van der Waals surface area contributed by atoms with Gasteiger partial charge in [0.15, 0.2) is 10.7 Å². The second-order valence-corrected chi connectivity index (χ2v) is 6.11. The third-order valence-electron chi connectivity index (χ3n) is 2.80. The number of hydrogen-bond donors (Lipinski definition) is 2. The van der Waals surface area contributed by atoms with Gasteiger partial charge in [-0.05, 0) is 38.6 Å². The van der Waals surface area contributed by atoms with E-state index in [1.54, 1.807) is 32.0 Å². The van der Waals surface area contributed by atoms with Crippen LogP contribution in [0, 0.1) is 13.8 Å². The number of hydrogen-bond acceptors (Lipinski definition) is 5. The molecule has 0 atom stereocenters. The predicted molar refractivity (Wildman–Crippen MR) is 76.0 cm³/mol. The van der Waals surface area contributed by atoms with Crippen LogP contribution in [0.5, 0.6) is 0 Å². The van der Waals surface area contributed by atoms with Crippen molar-refractivity contribution < 1.29 is 12.9 Å². The van der Waals surface area contributed by atoms with Gasteiger partial charge in [-0.1, -0.05) is 17.3 Å². The molecule has 0 aliphatic rings. The van der Waals surface area contributed by atoms with E-state index >= 15 is 0 Å². The Labute approximate surface area is 118 Å². The number of aryl methyl sites for hydroxylation is 2. The molecule has 0 radical (unpaired) electrons. The summed E-state index contributed by atoms with van der Waals surface area (Å²) in [5, 5.41) is 6.68. The first-order chi connectivity index (χ1) is 9.44. The van der Waals surface area contributed by atoms with E-state index in [2.05, 4.69) is 15.2 Å². The van der Waals surface area contributed by atoms with Gasteiger partial charge in [-0.3, -0.25) is 4.72 Å². The minimum Gasteiger partial charge on any atom is -0.360 e. The maximum Gasteiger partial charge on any atom is 0.267 e. The van der Waals surface area contributed by atoms with Gasteiger partial charge in [0.1, 0.15) is 5.69 Å². The highest BCUT2D eigenvalue weighted by Crippen LogP contribution is 2.22. The van der Waals surface area contributed by atoms with Crippen molar-refractivity contribution in [2.75, 3.05) is 11.8 Å². The molecule has 0 aliphatic heterocycles. The molecule has 2 rings (SSSR count). The fraction of sp³-hybridized carbons (Fsp3) is 0.308. The van der Waals surface area contributed by atoms with Crippen LogP contribution in [-0.4, -0.2) is 20.6 Å². The van der Waals surface area contributed by atoms with Crippen LogP contribution in [0.25, 0.3) is 0 Å². The van der Waals surface area contributed by atoms with Crippen LogP contribution < -0.4 is 10.0 Å². The van der Waals surface area contributed by atoms with Gasteiger partial charge in [0, 0.05) is 12.2 Å². The van der Waals surface area contributed by atoms with Gasteiger partial charge in [-0.25, -0.2) is 8.42 Å². The van der Waals surface area contributed by atoms with Crippen molar-refractivity contribution >= 4 is 15.7 Å². The van der Waals surface area contributed by atoms with E-state index in [4.69, 9.17) is 4.52 Å². The summed E-state index contributed by atoms with van der Waals surface area (Å²) in [4.78, 5) is 0.0940. The number of sulfonamides is 1. The zero-order valence-corrected chi connectivity index (χ0v) is 12.4. The van der Waals surface area contributed by atoms with Crippen LogP contribution >= 0.6 is 0 Å². The lowest BCUT2D eigenvalue weighted by atomic mass is 10.2. The molecule has 2 aromatic rings. The van der Waals surface area contributed by atoms with E-state index in [1.165, 1.54) is 0 Å². The largest absolute Gasteiger partial charge is 0.360 e. The first kappa shape index (κ1) is 14.5. The van der Waals surface area contributed by atoms with Crippen LogP contribution in [0.1, 0.15) is 17.0 Å². The number of anilines is 1. The van der Waals surface area contributed by atoms with E-state index in [-0.39, 0.29) is 10.7 Å². The molecule has 1 aromatic heterocycles. The van der Waals surface area contributed by atoms with E-state index in [1.807, 2.05) is 13.1 Å². The van der Waals surface area contributed by atoms with Crippen molar-refractivity contribution in [3.63, 3.8) is 0 Å². The number of nitrogens with one attached hydrogen (secondary N) is 2. The summed E-state index contributed by atoms with van der Waals surface area (Å²) in [7, 11) is -1.86. The number of nitrogens with zero attached hydrogens (tertiary/aromatic N) is 1. The Morgan fingerprint density at radius 1 is 1.30 bits per heavy atom. The zero-order valence-electron chi connectivity index (χ0n) is 11.6. The SMILES string of the molecule is CNCc1cccc(NS(=O)(=O)c2c(C)noc2C)c1. The molecule has 0 saturated carbocycles. The lowest BCUT2D eigenvalue weighted by Gasteiger charge is -2.09. The molecule has 0 unspecified atom stereocenters. The molecule has 2 N–H and O–H groups in total. The van der Waals surface area contributed by atoms with Crippen molar-refractivity contribution in [1.29, 1.82) is 0 Å². The summed E-state index contributed by atoms with van der Waals surface area (Å²) in [5.74, 6) is 0.279. The quantitative estimate of drug-likeness (QED) is 0.879. The topological polar surface area (TPSA) is 84.2 Å². The van der Waals surface area contributed by atoms with Crippen molar-refractivity contribution in [2.45, 2.75) is 25.3 Å². The molecule has 0 spiro atoms. The summed E-state index contributed by atoms with van der Waals surface area (Å²) in [6.07, 6.45) is 0. The van der Waals surface area contributed by atoms with Gasteiger partial charge >= 0.3 is 0 Å².